The van der Waals surface area contributed by atoms with Crippen molar-refractivity contribution in [2.24, 2.45) is 39.7 Å². The molecule has 226 valence electrons. The van der Waals surface area contributed by atoms with Crippen molar-refractivity contribution in [1.82, 2.24) is 5.32 Å². The van der Waals surface area contributed by atoms with Gasteiger partial charge in [-0.05, 0) is 69.1 Å². The van der Waals surface area contributed by atoms with Gasteiger partial charge in [0.15, 0.2) is 0 Å². The number of hydrogen-bond acceptors (Lipinski definition) is 8. The fraction of sp³-hybridized carbons (Fsp3) is 0.839. The van der Waals surface area contributed by atoms with Gasteiger partial charge < -0.3 is 26.0 Å². The van der Waals surface area contributed by atoms with Crippen LogP contribution in [0.25, 0.3) is 0 Å². The van der Waals surface area contributed by atoms with Crippen LogP contribution < -0.4 is 11.1 Å². The molecule has 5 N–H and O–H groups in total. The smallest absolute Gasteiger partial charge is 0.316 e. The maximum Gasteiger partial charge on any atom is 0.316 e. The number of thioether (sulfide) groups is 1. The number of carbonyl (C=O) groups is 3. The Balaban J connectivity index is 1.50. The molecule has 0 aliphatic heterocycles. The molecule has 12 atom stereocenters. The second-order valence-electron chi connectivity index (χ2n) is 13.8. The van der Waals surface area contributed by atoms with E-state index in [0.29, 0.717) is 32.1 Å². The molecular weight excluding hydrogens is 528 g/mol. The summed E-state index contributed by atoms with van der Waals surface area (Å²) in [5.74, 6) is -0.406. The Morgan fingerprint density at radius 3 is 2.55 bits per heavy atom. The minimum atomic E-state index is -0.694. The summed E-state index contributed by atoms with van der Waals surface area (Å²) in [4.78, 5) is 38.9. The maximum absolute atomic E-state index is 13.5. The Bertz CT molecular complexity index is 1010. The highest BCUT2D eigenvalue weighted by atomic mass is 32.2. The zero-order valence-electron chi connectivity index (χ0n) is 24.9. The van der Waals surface area contributed by atoms with Crippen molar-refractivity contribution in [2.45, 2.75) is 122 Å². The highest BCUT2D eigenvalue weighted by Gasteiger charge is 2.68. The van der Waals surface area contributed by atoms with Gasteiger partial charge in [0.05, 0.1) is 24.0 Å². The van der Waals surface area contributed by atoms with Crippen LogP contribution in [0.15, 0.2) is 12.7 Å². The van der Waals surface area contributed by atoms with E-state index in [2.05, 4.69) is 32.7 Å². The fourth-order valence-corrected chi connectivity index (χ4v) is 9.70. The number of esters is 1. The summed E-state index contributed by atoms with van der Waals surface area (Å²) < 4.78 is 6.32. The minimum absolute atomic E-state index is 0.0690. The van der Waals surface area contributed by atoms with Crippen molar-refractivity contribution in [3.05, 3.63) is 12.7 Å². The van der Waals surface area contributed by atoms with Gasteiger partial charge in [-0.3, -0.25) is 14.4 Å². The van der Waals surface area contributed by atoms with Crippen LogP contribution >= 0.6 is 11.8 Å². The number of ketones is 1. The van der Waals surface area contributed by atoms with Gasteiger partial charge in [-0.25, -0.2) is 0 Å². The summed E-state index contributed by atoms with van der Waals surface area (Å²) >= 11 is 1.39. The number of nitrogens with two attached hydrogens (primary N) is 1. The largest absolute Gasteiger partial charge is 0.461 e. The predicted octanol–water partition coefficient (Wildman–Crippen LogP) is 3.37. The Kier molecular flexibility index (Phi) is 9.21. The van der Waals surface area contributed by atoms with Crippen molar-refractivity contribution in [1.29, 1.82) is 0 Å². The summed E-state index contributed by atoms with van der Waals surface area (Å²) in [6.45, 7) is 14.1. The van der Waals surface area contributed by atoms with E-state index in [1.54, 1.807) is 13.0 Å². The lowest BCUT2D eigenvalue weighted by Gasteiger charge is -2.61. The number of hydrogen-bond donors (Lipinski definition) is 4. The van der Waals surface area contributed by atoms with Crippen LogP contribution in [0.3, 0.4) is 0 Å². The molecule has 0 radical (unpaired) electrons. The number of aliphatic hydroxyl groups excluding tert-OH is 2. The summed E-state index contributed by atoms with van der Waals surface area (Å²) in [5, 5.41) is 25.2. The molecule has 4 rings (SSSR count). The second kappa shape index (κ2) is 11.7. The van der Waals surface area contributed by atoms with Gasteiger partial charge in [0.1, 0.15) is 11.9 Å². The van der Waals surface area contributed by atoms with Crippen LogP contribution in [0.2, 0.25) is 0 Å². The van der Waals surface area contributed by atoms with Gasteiger partial charge in [-0.15, -0.1) is 18.3 Å². The van der Waals surface area contributed by atoms with Crippen LogP contribution in [0.5, 0.6) is 0 Å². The van der Waals surface area contributed by atoms with E-state index in [-0.39, 0.29) is 57.9 Å². The van der Waals surface area contributed by atoms with E-state index >= 15 is 0 Å². The van der Waals surface area contributed by atoms with E-state index in [1.165, 1.54) is 11.8 Å². The first-order valence-corrected chi connectivity index (χ1v) is 16.1. The first-order valence-electron chi connectivity index (χ1n) is 15.1. The lowest BCUT2D eigenvalue weighted by Crippen LogP contribution is -2.63. The van der Waals surface area contributed by atoms with Gasteiger partial charge in [0, 0.05) is 34.5 Å². The van der Waals surface area contributed by atoms with E-state index in [0.717, 1.165) is 19.3 Å². The van der Waals surface area contributed by atoms with Crippen molar-refractivity contribution in [2.75, 3.05) is 5.75 Å². The Hall–Kier alpha value is -1.42. The number of aliphatic hydroxyl groups is 2. The fourth-order valence-electron chi connectivity index (χ4n) is 8.65. The van der Waals surface area contributed by atoms with Gasteiger partial charge in [0.2, 0.25) is 5.91 Å². The minimum Gasteiger partial charge on any atom is -0.461 e. The van der Waals surface area contributed by atoms with E-state index < -0.39 is 35.2 Å². The first-order chi connectivity index (χ1) is 18.7. The van der Waals surface area contributed by atoms with E-state index in [4.69, 9.17) is 10.5 Å². The zero-order valence-corrected chi connectivity index (χ0v) is 25.7. The Labute approximate surface area is 243 Å². The molecule has 0 saturated heterocycles. The highest BCUT2D eigenvalue weighted by molar-refractivity contribution is 8.00. The molecule has 0 aromatic heterocycles. The number of nitrogens with one attached hydrogen (secondary N) is 1. The molecular formula is C31H50N2O6S. The van der Waals surface area contributed by atoms with Crippen LogP contribution in [0.1, 0.15) is 86.0 Å². The van der Waals surface area contributed by atoms with Crippen molar-refractivity contribution in [3.63, 3.8) is 0 Å². The van der Waals surface area contributed by atoms with E-state index in [9.17, 15) is 24.6 Å². The normalized spacial score (nSPS) is 46.0. The van der Waals surface area contributed by atoms with E-state index in [1.807, 2.05) is 6.92 Å². The Morgan fingerprint density at radius 1 is 1.23 bits per heavy atom. The maximum atomic E-state index is 13.5. The first kappa shape index (κ1) is 31.5. The Morgan fingerprint density at radius 2 is 1.93 bits per heavy atom. The van der Waals surface area contributed by atoms with Crippen molar-refractivity contribution >= 4 is 29.4 Å². The van der Waals surface area contributed by atoms with Gasteiger partial charge in [-0.2, -0.15) is 0 Å². The number of rotatable bonds is 7. The molecule has 4 saturated carbocycles. The van der Waals surface area contributed by atoms with Crippen molar-refractivity contribution < 1.29 is 29.3 Å². The average molecular weight is 579 g/mol. The molecule has 0 spiro atoms. The lowest BCUT2D eigenvalue weighted by molar-refractivity contribution is -0.205. The molecule has 40 heavy (non-hydrogen) atoms. The average Bonchev–Trinajstić information content (AvgIpc) is 3.26. The number of Topliss-reactive ketones (excluding diaryl/α,β-unsaturated/α-hetero) is 1. The standard InChI is InChI=1S/C31H50N2O6S/c1-7-29(5)15-24(30(6)17(2)10-12-31(18(3)27(29)37)13-11-21(34)26(30)31)39-25(36)16-40-23-9-8-20(14-22(23)35)33-28(38)19(4)32/h7,17-20,22-24,26-27,35,37H,1,8-16,32H2,2-6H3,(H,33,38)/t17?,18-,19+,20+,22+,23+,24+,26-,27-,29+,30-,31?/m0/s1. The highest BCUT2D eigenvalue weighted by Crippen LogP contribution is 2.68. The lowest BCUT2D eigenvalue weighted by atomic mass is 9.44. The molecule has 4 fully saturated rings. The molecule has 8 nitrogen and oxygen atoms in total. The monoisotopic (exact) mass is 578 g/mol. The molecule has 2 bridgehead atoms. The van der Waals surface area contributed by atoms with Gasteiger partial charge >= 0.3 is 5.97 Å². The molecule has 0 aromatic carbocycles. The number of ether oxygens (including phenoxy) is 1. The van der Waals surface area contributed by atoms with Crippen LogP contribution in [0.4, 0.5) is 0 Å². The van der Waals surface area contributed by atoms with Crippen LogP contribution in [0, 0.1) is 34.0 Å². The molecule has 0 heterocycles. The molecule has 0 aromatic rings. The zero-order chi connectivity index (χ0) is 29.6. The summed E-state index contributed by atoms with van der Waals surface area (Å²) in [7, 11) is 0. The van der Waals surface area contributed by atoms with Gasteiger partial charge in [-0.1, -0.05) is 33.8 Å². The second-order valence-corrected chi connectivity index (χ2v) is 15.0. The molecule has 9 heteroatoms. The molecule has 2 unspecified atom stereocenters. The summed E-state index contributed by atoms with van der Waals surface area (Å²) in [6, 6.07) is -0.729. The quantitative estimate of drug-likeness (QED) is 0.266. The van der Waals surface area contributed by atoms with Crippen LogP contribution in [-0.2, 0) is 19.1 Å². The topological polar surface area (TPSA) is 139 Å². The third-order valence-electron chi connectivity index (χ3n) is 11.5. The number of amides is 1. The molecule has 4 aliphatic rings. The van der Waals surface area contributed by atoms with Crippen LogP contribution in [-0.4, -0.2) is 69.3 Å². The summed E-state index contributed by atoms with van der Waals surface area (Å²) in [6.07, 6.45) is 5.23. The third-order valence-corrected chi connectivity index (χ3v) is 12.9. The summed E-state index contributed by atoms with van der Waals surface area (Å²) in [5.41, 5.74) is 4.14. The predicted molar refractivity (Wildman–Crippen MR) is 156 cm³/mol. The SMILES string of the molecule is C=C[C@]1(C)C[C@@H](OC(=O)CS[C@@H]2CC[C@@H](NC(=O)[C@@H](C)N)C[C@H]2O)[C@]2(C)C(C)CCC3(CCC(=O)[C@H]32)[C@@H](C)[C@@H]1O. The molecule has 4 aliphatic carbocycles. The van der Waals surface area contributed by atoms with Gasteiger partial charge in [0.25, 0.3) is 0 Å². The molecule has 1 amide bonds. The third kappa shape index (κ3) is 5.40. The number of carbonyl (C=O) groups excluding carboxylic acids is 3. The van der Waals surface area contributed by atoms with Crippen molar-refractivity contribution in [3.8, 4) is 0 Å².